The molecule has 0 fully saturated rings. The third-order valence-electron chi connectivity index (χ3n) is 3.86. The highest BCUT2D eigenvalue weighted by Gasteiger charge is 2.36. The highest BCUT2D eigenvalue weighted by molar-refractivity contribution is 14.1. The van der Waals surface area contributed by atoms with Crippen LogP contribution < -0.4 is 0 Å². The van der Waals surface area contributed by atoms with Gasteiger partial charge in [-0.2, -0.15) is 0 Å². The van der Waals surface area contributed by atoms with E-state index in [1.54, 1.807) is 0 Å². The van der Waals surface area contributed by atoms with Crippen LogP contribution >= 0.6 is 22.6 Å². The lowest BCUT2D eigenvalue weighted by atomic mass is 9.77. The molecule has 0 saturated carbocycles. The maximum Gasteiger partial charge on any atom is 0.315 e. The highest BCUT2D eigenvalue weighted by atomic mass is 127. The number of aliphatic hydroxyl groups excluding tert-OH is 1. The van der Waals surface area contributed by atoms with Gasteiger partial charge in [-0.1, -0.05) is 19.1 Å². The molecule has 1 N–H and O–H groups in total. The third-order valence-corrected chi connectivity index (χ3v) is 4.53. The number of carbonyl (C=O) groups is 1. The SMILES string of the molecule is COC(=O)C(C)(CCC(C)CCO)c1cccc(I)c1. The topological polar surface area (TPSA) is 46.5 Å². The number of methoxy groups -OCH3 is 1. The van der Waals surface area contributed by atoms with E-state index in [1.807, 2.05) is 31.2 Å². The molecule has 0 bridgehead atoms. The van der Waals surface area contributed by atoms with Crippen molar-refractivity contribution in [3.05, 3.63) is 33.4 Å². The fourth-order valence-corrected chi connectivity index (χ4v) is 2.86. The van der Waals surface area contributed by atoms with Gasteiger partial charge < -0.3 is 9.84 Å². The molecule has 0 amide bonds. The zero-order valence-corrected chi connectivity index (χ0v) is 14.5. The van der Waals surface area contributed by atoms with Crippen LogP contribution in [0.5, 0.6) is 0 Å². The van der Waals surface area contributed by atoms with Gasteiger partial charge in [-0.05, 0) is 72.4 Å². The van der Waals surface area contributed by atoms with Crippen molar-refractivity contribution in [1.82, 2.24) is 0 Å². The molecule has 0 aliphatic rings. The second-order valence-corrected chi connectivity index (χ2v) is 6.74. The number of rotatable bonds is 7. The Balaban J connectivity index is 2.95. The van der Waals surface area contributed by atoms with Crippen molar-refractivity contribution in [3.63, 3.8) is 0 Å². The molecular formula is C16H23IO3. The summed E-state index contributed by atoms with van der Waals surface area (Å²) in [5, 5.41) is 8.98. The summed E-state index contributed by atoms with van der Waals surface area (Å²) in [6.45, 7) is 4.23. The molecular weight excluding hydrogens is 367 g/mol. The molecule has 0 aromatic heterocycles. The summed E-state index contributed by atoms with van der Waals surface area (Å²) in [5.41, 5.74) is 0.368. The van der Waals surface area contributed by atoms with Crippen molar-refractivity contribution in [3.8, 4) is 0 Å². The Morgan fingerprint density at radius 2 is 2.15 bits per heavy atom. The highest BCUT2D eigenvalue weighted by Crippen LogP contribution is 2.33. The molecule has 1 rings (SSSR count). The number of hydrogen-bond acceptors (Lipinski definition) is 3. The lowest BCUT2D eigenvalue weighted by Crippen LogP contribution is -2.34. The van der Waals surface area contributed by atoms with Gasteiger partial charge in [0, 0.05) is 10.2 Å². The van der Waals surface area contributed by atoms with E-state index in [0.29, 0.717) is 5.92 Å². The van der Waals surface area contributed by atoms with Crippen LogP contribution in [0, 0.1) is 9.49 Å². The maximum absolute atomic E-state index is 12.2. The van der Waals surface area contributed by atoms with Crippen molar-refractivity contribution in [2.75, 3.05) is 13.7 Å². The fourth-order valence-electron chi connectivity index (χ4n) is 2.32. The summed E-state index contributed by atoms with van der Waals surface area (Å²) in [7, 11) is 1.44. The van der Waals surface area contributed by atoms with E-state index in [2.05, 4.69) is 29.5 Å². The van der Waals surface area contributed by atoms with Gasteiger partial charge >= 0.3 is 5.97 Å². The molecule has 20 heavy (non-hydrogen) atoms. The molecule has 0 aliphatic carbocycles. The minimum Gasteiger partial charge on any atom is -0.468 e. The lowest BCUT2D eigenvalue weighted by molar-refractivity contribution is -0.147. The molecule has 0 radical (unpaired) electrons. The molecule has 0 saturated heterocycles. The first-order chi connectivity index (χ1) is 9.43. The number of hydrogen-bond donors (Lipinski definition) is 1. The monoisotopic (exact) mass is 390 g/mol. The van der Waals surface area contributed by atoms with Crippen molar-refractivity contribution in [1.29, 1.82) is 0 Å². The van der Waals surface area contributed by atoms with Crippen molar-refractivity contribution in [2.45, 2.75) is 38.5 Å². The molecule has 2 unspecified atom stereocenters. The van der Waals surface area contributed by atoms with E-state index in [4.69, 9.17) is 9.84 Å². The van der Waals surface area contributed by atoms with E-state index in [-0.39, 0.29) is 12.6 Å². The van der Waals surface area contributed by atoms with Crippen molar-refractivity contribution < 1.29 is 14.6 Å². The minimum absolute atomic E-state index is 0.194. The summed E-state index contributed by atoms with van der Waals surface area (Å²) >= 11 is 2.25. The Bertz CT molecular complexity index is 447. The Hall–Kier alpha value is -0.620. The molecule has 4 heteroatoms. The Morgan fingerprint density at radius 3 is 2.70 bits per heavy atom. The van der Waals surface area contributed by atoms with Gasteiger partial charge in [0.25, 0.3) is 0 Å². The summed E-state index contributed by atoms with van der Waals surface area (Å²) in [6, 6.07) is 8.00. The van der Waals surface area contributed by atoms with Crippen LogP contribution in [0.4, 0.5) is 0 Å². The van der Waals surface area contributed by atoms with Crippen LogP contribution in [-0.4, -0.2) is 24.8 Å². The molecule has 0 aliphatic heterocycles. The summed E-state index contributed by atoms with van der Waals surface area (Å²) in [6.07, 6.45) is 2.38. The van der Waals surface area contributed by atoms with Crippen LogP contribution in [0.25, 0.3) is 0 Å². The average molecular weight is 390 g/mol. The molecule has 2 atom stereocenters. The van der Waals surface area contributed by atoms with Gasteiger partial charge in [0.15, 0.2) is 0 Å². The second kappa shape index (κ2) is 7.98. The molecule has 0 spiro atoms. The van der Waals surface area contributed by atoms with Crippen molar-refractivity contribution in [2.24, 2.45) is 5.92 Å². The normalized spacial score (nSPS) is 15.4. The van der Waals surface area contributed by atoms with E-state index in [0.717, 1.165) is 28.4 Å². The number of halogens is 1. The average Bonchev–Trinajstić information content (AvgIpc) is 2.44. The molecule has 1 aromatic rings. The lowest BCUT2D eigenvalue weighted by Gasteiger charge is -2.28. The first-order valence-corrected chi connectivity index (χ1v) is 7.97. The first-order valence-electron chi connectivity index (χ1n) is 6.89. The van der Waals surface area contributed by atoms with Gasteiger partial charge in [0.2, 0.25) is 0 Å². The number of esters is 1. The largest absolute Gasteiger partial charge is 0.468 e. The molecule has 1 aromatic carbocycles. The summed E-state index contributed by atoms with van der Waals surface area (Å²) < 4.78 is 6.12. The quantitative estimate of drug-likeness (QED) is 0.573. The number of benzene rings is 1. The van der Waals surface area contributed by atoms with E-state index < -0.39 is 5.41 Å². The summed E-state index contributed by atoms with van der Waals surface area (Å²) in [5.74, 6) is 0.197. The van der Waals surface area contributed by atoms with Gasteiger partial charge in [-0.25, -0.2) is 0 Å². The minimum atomic E-state index is -0.625. The maximum atomic E-state index is 12.2. The van der Waals surface area contributed by atoms with E-state index in [9.17, 15) is 4.79 Å². The van der Waals surface area contributed by atoms with Crippen LogP contribution in [0.3, 0.4) is 0 Å². The predicted octanol–water partition coefficient (Wildman–Crippen LogP) is 3.52. The van der Waals surface area contributed by atoms with Crippen LogP contribution in [0.2, 0.25) is 0 Å². The first kappa shape index (κ1) is 17.4. The second-order valence-electron chi connectivity index (χ2n) is 5.49. The molecule has 3 nitrogen and oxygen atoms in total. The number of aliphatic hydroxyl groups is 1. The standard InChI is InChI=1S/C16H23IO3/c1-12(8-10-18)7-9-16(2,15(19)20-3)13-5-4-6-14(17)11-13/h4-6,11-12,18H,7-10H2,1-3H3. The predicted molar refractivity (Wildman–Crippen MR) is 88.6 cm³/mol. The Morgan fingerprint density at radius 1 is 1.45 bits per heavy atom. The Labute approximate surface area is 134 Å². The fraction of sp³-hybridized carbons (Fsp3) is 0.562. The van der Waals surface area contributed by atoms with Crippen LogP contribution in [0.15, 0.2) is 24.3 Å². The van der Waals surface area contributed by atoms with Gasteiger partial charge in [0.05, 0.1) is 12.5 Å². The Kier molecular flexibility index (Phi) is 6.95. The van der Waals surface area contributed by atoms with Crippen LogP contribution in [-0.2, 0) is 14.9 Å². The third kappa shape index (κ3) is 4.45. The van der Waals surface area contributed by atoms with Crippen molar-refractivity contribution >= 4 is 28.6 Å². The van der Waals surface area contributed by atoms with Gasteiger partial charge in [-0.3, -0.25) is 4.79 Å². The van der Waals surface area contributed by atoms with E-state index in [1.165, 1.54) is 7.11 Å². The zero-order valence-electron chi connectivity index (χ0n) is 12.4. The van der Waals surface area contributed by atoms with Crippen LogP contribution in [0.1, 0.15) is 38.7 Å². The zero-order chi connectivity index (χ0) is 15.2. The molecule has 112 valence electrons. The van der Waals surface area contributed by atoms with Gasteiger partial charge in [-0.15, -0.1) is 0 Å². The van der Waals surface area contributed by atoms with E-state index >= 15 is 0 Å². The smallest absolute Gasteiger partial charge is 0.315 e. The van der Waals surface area contributed by atoms with Gasteiger partial charge in [0.1, 0.15) is 0 Å². The molecule has 0 heterocycles. The number of ether oxygens (including phenoxy) is 1. The summed E-state index contributed by atoms with van der Waals surface area (Å²) in [4.78, 5) is 12.2. The number of carbonyl (C=O) groups excluding carboxylic acids is 1.